The normalized spacial score (nSPS) is 10.1. The summed E-state index contributed by atoms with van der Waals surface area (Å²) in [5.41, 5.74) is -0.602. The largest absolute Gasteiger partial charge is 0.483 e. The lowest BCUT2D eigenvalue weighted by atomic mass is 10.2. The third-order valence-corrected chi connectivity index (χ3v) is 2.92. The van der Waals surface area contributed by atoms with Crippen molar-refractivity contribution >= 4 is 28.3 Å². The lowest BCUT2D eigenvalue weighted by molar-refractivity contribution is -0.118. The molecule has 1 amide bonds. The fourth-order valence-electron chi connectivity index (χ4n) is 1.42. The van der Waals surface area contributed by atoms with Gasteiger partial charge in [-0.05, 0) is 12.1 Å². The van der Waals surface area contributed by atoms with Crippen molar-refractivity contribution in [2.45, 2.75) is 0 Å². The molecule has 1 heterocycles. The number of aromatic carboxylic acids is 1. The lowest BCUT2D eigenvalue weighted by Crippen LogP contribution is -2.21. The Bertz CT molecular complexity index is 630. The van der Waals surface area contributed by atoms with E-state index in [1.807, 2.05) is 0 Å². The van der Waals surface area contributed by atoms with Crippen molar-refractivity contribution in [3.63, 3.8) is 0 Å². The number of benzene rings is 1. The SMILES string of the molecule is O=C(COc1cccc(F)c1C(=O)O)Nc1nccs1. The van der Waals surface area contributed by atoms with E-state index in [1.54, 1.807) is 5.38 Å². The summed E-state index contributed by atoms with van der Waals surface area (Å²) in [7, 11) is 0. The van der Waals surface area contributed by atoms with E-state index in [-0.39, 0.29) is 5.75 Å². The van der Waals surface area contributed by atoms with Crippen molar-refractivity contribution in [3.8, 4) is 5.75 Å². The molecule has 0 aliphatic carbocycles. The molecule has 0 saturated heterocycles. The summed E-state index contributed by atoms with van der Waals surface area (Å²) in [6.07, 6.45) is 1.52. The van der Waals surface area contributed by atoms with Gasteiger partial charge in [-0.2, -0.15) is 0 Å². The molecule has 8 heteroatoms. The second-order valence-electron chi connectivity index (χ2n) is 3.59. The molecule has 6 nitrogen and oxygen atoms in total. The summed E-state index contributed by atoms with van der Waals surface area (Å²) in [5, 5.41) is 13.4. The first kappa shape index (κ1) is 13.9. The number of carboxylic acid groups (broad SMARTS) is 1. The zero-order chi connectivity index (χ0) is 14.5. The topological polar surface area (TPSA) is 88.5 Å². The summed E-state index contributed by atoms with van der Waals surface area (Å²) in [6, 6.07) is 3.59. The fourth-order valence-corrected chi connectivity index (χ4v) is 1.96. The second kappa shape index (κ2) is 6.11. The van der Waals surface area contributed by atoms with Gasteiger partial charge in [-0.1, -0.05) is 6.07 Å². The number of anilines is 1. The molecule has 0 fully saturated rings. The Morgan fingerprint density at radius 2 is 2.25 bits per heavy atom. The molecule has 2 rings (SSSR count). The van der Waals surface area contributed by atoms with Gasteiger partial charge < -0.3 is 9.84 Å². The highest BCUT2D eigenvalue weighted by molar-refractivity contribution is 7.13. The van der Waals surface area contributed by atoms with Crippen molar-refractivity contribution < 1.29 is 23.8 Å². The van der Waals surface area contributed by atoms with Crippen molar-refractivity contribution in [2.24, 2.45) is 0 Å². The molecule has 0 aliphatic heterocycles. The van der Waals surface area contributed by atoms with E-state index in [0.29, 0.717) is 5.13 Å². The van der Waals surface area contributed by atoms with Gasteiger partial charge in [-0.25, -0.2) is 14.2 Å². The molecule has 0 spiro atoms. The summed E-state index contributed by atoms with van der Waals surface area (Å²) in [4.78, 5) is 26.3. The number of ether oxygens (including phenoxy) is 1. The predicted molar refractivity (Wildman–Crippen MR) is 69.6 cm³/mol. The number of aromatic nitrogens is 1. The third kappa shape index (κ3) is 3.29. The van der Waals surface area contributed by atoms with Gasteiger partial charge in [0, 0.05) is 11.6 Å². The Labute approximate surface area is 116 Å². The summed E-state index contributed by atoms with van der Waals surface area (Å²) in [5.74, 6) is -3.10. The van der Waals surface area contributed by atoms with Gasteiger partial charge in [0.25, 0.3) is 5.91 Å². The van der Waals surface area contributed by atoms with Crippen LogP contribution in [-0.2, 0) is 4.79 Å². The molecule has 1 aromatic carbocycles. The van der Waals surface area contributed by atoms with Crippen LogP contribution in [0.15, 0.2) is 29.8 Å². The number of hydrogen-bond donors (Lipinski definition) is 2. The quantitative estimate of drug-likeness (QED) is 0.881. The Morgan fingerprint density at radius 3 is 2.90 bits per heavy atom. The van der Waals surface area contributed by atoms with E-state index in [2.05, 4.69) is 10.3 Å². The van der Waals surface area contributed by atoms with Crippen LogP contribution >= 0.6 is 11.3 Å². The molecule has 0 unspecified atom stereocenters. The number of nitrogens with zero attached hydrogens (tertiary/aromatic N) is 1. The van der Waals surface area contributed by atoms with Crippen LogP contribution in [0.2, 0.25) is 0 Å². The maximum atomic E-state index is 13.4. The second-order valence-corrected chi connectivity index (χ2v) is 4.49. The van der Waals surface area contributed by atoms with Crippen molar-refractivity contribution in [1.29, 1.82) is 0 Å². The molecule has 0 atom stereocenters. The number of carboxylic acids is 1. The van der Waals surface area contributed by atoms with Crippen LogP contribution < -0.4 is 10.1 Å². The fraction of sp³-hybridized carbons (Fsp3) is 0.0833. The van der Waals surface area contributed by atoms with Crippen LogP contribution in [0.4, 0.5) is 9.52 Å². The number of halogens is 1. The minimum absolute atomic E-state index is 0.202. The summed E-state index contributed by atoms with van der Waals surface area (Å²) in [6.45, 7) is -0.441. The number of hydrogen-bond acceptors (Lipinski definition) is 5. The van der Waals surface area contributed by atoms with Crippen LogP contribution in [0.1, 0.15) is 10.4 Å². The number of rotatable bonds is 5. The van der Waals surface area contributed by atoms with Crippen LogP contribution in [0.5, 0.6) is 5.75 Å². The zero-order valence-corrected chi connectivity index (χ0v) is 10.8. The van der Waals surface area contributed by atoms with Gasteiger partial charge in [0.1, 0.15) is 17.1 Å². The first-order valence-corrected chi connectivity index (χ1v) is 6.30. The van der Waals surface area contributed by atoms with Crippen LogP contribution in [-0.4, -0.2) is 28.6 Å². The number of thiazole rings is 1. The number of amides is 1. The average molecular weight is 296 g/mol. The number of nitrogens with one attached hydrogen (secondary N) is 1. The van der Waals surface area contributed by atoms with Gasteiger partial charge in [0.2, 0.25) is 0 Å². The molecule has 2 aromatic rings. The van der Waals surface area contributed by atoms with E-state index in [0.717, 1.165) is 6.07 Å². The third-order valence-electron chi connectivity index (χ3n) is 2.23. The first-order chi connectivity index (χ1) is 9.58. The van der Waals surface area contributed by atoms with Crippen LogP contribution in [0.25, 0.3) is 0 Å². The molecular weight excluding hydrogens is 287 g/mol. The smallest absolute Gasteiger partial charge is 0.342 e. The molecular formula is C12H9FN2O4S. The molecule has 0 radical (unpaired) electrons. The van der Waals surface area contributed by atoms with E-state index in [9.17, 15) is 14.0 Å². The van der Waals surface area contributed by atoms with Crippen LogP contribution in [0.3, 0.4) is 0 Å². The zero-order valence-electron chi connectivity index (χ0n) is 10.00. The Hall–Kier alpha value is -2.48. The lowest BCUT2D eigenvalue weighted by Gasteiger charge is -2.09. The molecule has 20 heavy (non-hydrogen) atoms. The molecule has 1 aromatic heterocycles. The number of carbonyl (C=O) groups is 2. The number of carbonyl (C=O) groups excluding carboxylic acids is 1. The monoisotopic (exact) mass is 296 g/mol. The van der Waals surface area contributed by atoms with Gasteiger partial charge in [0.15, 0.2) is 11.7 Å². The molecule has 0 aliphatic rings. The molecule has 104 valence electrons. The minimum atomic E-state index is -1.46. The van der Waals surface area contributed by atoms with Crippen molar-refractivity contribution in [1.82, 2.24) is 4.98 Å². The molecule has 0 bridgehead atoms. The summed E-state index contributed by atoms with van der Waals surface area (Å²) < 4.78 is 18.4. The van der Waals surface area contributed by atoms with Crippen molar-refractivity contribution in [2.75, 3.05) is 11.9 Å². The average Bonchev–Trinajstić information content (AvgIpc) is 2.88. The minimum Gasteiger partial charge on any atom is -0.483 e. The maximum absolute atomic E-state index is 13.4. The van der Waals surface area contributed by atoms with Crippen LogP contribution in [0, 0.1) is 5.82 Å². The van der Waals surface area contributed by atoms with E-state index in [4.69, 9.17) is 9.84 Å². The first-order valence-electron chi connectivity index (χ1n) is 5.42. The highest BCUT2D eigenvalue weighted by atomic mass is 32.1. The standard InChI is InChI=1S/C12H9FN2O4S/c13-7-2-1-3-8(10(7)11(17)18)19-6-9(16)15-12-14-4-5-20-12/h1-5H,6H2,(H,17,18)(H,14,15,16). The van der Waals surface area contributed by atoms with Gasteiger partial charge in [-0.15, -0.1) is 11.3 Å². The molecule has 2 N–H and O–H groups in total. The van der Waals surface area contributed by atoms with Gasteiger partial charge in [-0.3, -0.25) is 10.1 Å². The van der Waals surface area contributed by atoms with E-state index in [1.165, 1.54) is 29.7 Å². The Morgan fingerprint density at radius 1 is 1.45 bits per heavy atom. The van der Waals surface area contributed by atoms with Gasteiger partial charge in [0.05, 0.1) is 0 Å². The predicted octanol–water partition coefficient (Wildman–Crippen LogP) is 2.00. The highest BCUT2D eigenvalue weighted by Crippen LogP contribution is 2.21. The van der Waals surface area contributed by atoms with Gasteiger partial charge >= 0.3 is 5.97 Å². The van der Waals surface area contributed by atoms with E-state index < -0.39 is 29.9 Å². The summed E-state index contributed by atoms with van der Waals surface area (Å²) >= 11 is 1.23. The van der Waals surface area contributed by atoms with Crippen molar-refractivity contribution in [3.05, 3.63) is 41.2 Å². The van der Waals surface area contributed by atoms with E-state index >= 15 is 0 Å². The molecule has 0 saturated carbocycles. The Kier molecular flexibility index (Phi) is 4.26. The highest BCUT2D eigenvalue weighted by Gasteiger charge is 2.17. The Balaban J connectivity index is 2.02. The maximum Gasteiger partial charge on any atom is 0.342 e.